The molecule has 0 aromatic carbocycles. The van der Waals surface area contributed by atoms with Crippen molar-refractivity contribution in [2.45, 2.75) is 73.4 Å². The molecule has 0 radical (unpaired) electrons. The third-order valence-corrected chi connectivity index (χ3v) is 5.71. The summed E-state index contributed by atoms with van der Waals surface area (Å²) in [5, 5.41) is 10.8. The van der Waals surface area contributed by atoms with Gasteiger partial charge in [-0.25, -0.2) is 0 Å². The molecule has 1 saturated heterocycles. The molecule has 6 atom stereocenters. The number of aliphatic hydroxyl groups is 1. The Morgan fingerprint density at radius 2 is 1.70 bits per heavy atom. The van der Waals surface area contributed by atoms with Crippen LogP contribution in [-0.4, -0.2) is 28.9 Å². The van der Waals surface area contributed by atoms with Crippen molar-refractivity contribution in [3.63, 3.8) is 0 Å². The van der Waals surface area contributed by atoms with Gasteiger partial charge in [0.1, 0.15) is 5.76 Å². The molecule has 2 aliphatic rings. The SMILES string of the molecule is CC1=C(C(C)C)O[C@@]2(O[C@@H](C(C)C)[C@H](C)[C@H](O)[C@@H]2C)[C@@H](C)C1=O. The van der Waals surface area contributed by atoms with Crippen LogP contribution in [0.3, 0.4) is 0 Å². The Hall–Kier alpha value is -0.870. The zero-order valence-electron chi connectivity index (χ0n) is 15.7. The number of Topliss-reactive ketones (excluding diaryl/α,β-unsaturated/α-hetero) is 1. The Morgan fingerprint density at radius 1 is 1.13 bits per heavy atom. The molecule has 1 fully saturated rings. The molecule has 1 N–H and O–H groups in total. The number of ether oxygens (including phenoxy) is 2. The Morgan fingerprint density at radius 3 is 2.17 bits per heavy atom. The van der Waals surface area contributed by atoms with Gasteiger partial charge in [0.15, 0.2) is 5.78 Å². The van der Waals surface area contributed by atoms with E-state index in [0.29, 0.717) is 11.3 Å². The Bertz CT molecular complexity index is 507. The summed E-state index contributed by atoms with van der Waals surface area (Å²) in [5.41, 5.74) is 0.683. The molecule has 0 saturated carbocycles. The van der Waals surface area contributed by atoms with Gasteiger partial charge < -0.3 is 14.6 Å². The van der Waals surface area contributed by atoms with Crippen molar-refractivity contribution in [1.29, 1.82) is 0 Å². The highest BCUT2D eigenvalue weighted by Crippen LogP contribution is 2.49. The van der Waals surface area contributed by atoms with E-state index >= 15 is 0 Å². The first-order valence-corrected chi connectivity index (χ1v) is 8.84. The summed E-state index contributed by atoms with van der Waals surface area (Å²) in [6, 6.07) is 0. The molecule has 0 aromatic rings. The molecule has 0 aromatic heterocycles. The van der Waals surface area contributed by atoms with Gasteiger partial charge in [0.25, 0.3) is 0 Å². The number of rotatable bonds is 2. The zero-order valence-corrected chi connectivity index (χ0v) is 15.7. The molecule has 132 valence electrons. The molecule has 2 aliphatic heterocycles. The zero-order chi connectivity index (χ0) is 17.7. The highest BCUT2D eigenvalue weighted by Gasteiger charge is 2.60. The number of hydrogen-bond acceptors (Lipinski definition) is 4. The summed E-state index contributed by atoms with van der Waals surface area (Å²) in [6.45, 7) is 15.8. The van der Waals surface area contributed by atoms with Gasteiger partial charge in [-0.15, -0.1) is 0 Å². The lowest BCUT2D eigenvalue weighted by Crippen LogP contribution is -2.64. The summed E-state index contributed by atoms with van der Waals surface area (Å²) in [5.74, 6) is -0.651. The fraction of sp³-hybridized carbons (Fsp3) is 0.842. The molecule has 4 nitrogen and oxygen atoms in total. The molecule has 23 heavy (non-hydrogen) atoms. The first-order valence-electron chi connectivity index (χ1n) is 8.84. The minimum atomic E-state index is -1.07. The minimum Gasteiger partial charge on any atom is -0.465 e. The van der Waals surface area contributed by atoms with Crippen molar-refractivity contribution < 1.29 is 19.4 Å². The minimum absolute atomic E-state index is 0.0102. The maximum absolute atomic E-state index is 12.8. The van der Waals surface area contributed by atoms with Crippen molar-refractivity contribution in [3.05, 3.63) is 11.3 Å². The summed E-state index contributed by atoms with van der Waals surface area (Å²) >= 11 is 0. The first kappa shape index (κ1) is 18.5. The first-order chi connectivity index (χ1) is 10.5. The summed E-state index contributed by atoms with van der Waals surface area (Å²) in [6.07, 6.45) is -0.693. The van der Waals surface area contributed by atoms with Gasteiger partial charge in [0.2, 0.25) is 5.79 Å². The Kier molecular flexibility index (Phi) is 4.99. The van der Waals surface area contributed by atoms with Crippen LogP contribution in [0.1, 0.15) is 55.4 Å². The highest BCUT2D eigenvalue weighted by atomic mass is 16.7. The summed E-state index contributed by atoms with van der Waals surface area (Å²) in [4.78, 5) is 12.8. The molecule has 1 spiro atoms. The van der Waals surface area contributed by atoms with E-state index in [4.69, 9.17) is 9.47 Å². The van der Waals surface area contributed by atoms with Crippen molar-refractivity contribution >= 4 is 5.78 Å². The fourth-order valence-electron chi connectivity index (χ4n) is 4.19. The average Bonchev–Trinajstić information content (AvgIpc) is 2.48. The second-order valence-corrected chi connectivity index (χ2v) is 8.02. The number of carbonyl (C=O) groups is 1. The Labute approximate surface area is 140 Å². The molecule has 4 heteroatoms. The highest BCUT2D eigenvalue weighted by molar-refractivity contribution is 5.98. The van der Waals surface area contributed by atoms with E-state index < -0.39 is 17.8 Å². The van der Waals surface area contributed by atoms with Gasteiger partial charge in [-0.05, 0) is 19.8 Å². The van der Waals surface area contributed by atoms with Crippen LogP contribution in [-0.2, 0) is 14.3 Å². The molecule has 0 amide bonds. The van der Waals surface area contributed by atoms with Crippen LogP contribution in [0, 0.1) is 29.6 Å². The molecule has 2 rings (SSSR count). The smallest absolute Gasteiger partial charge is 0.225 e. The van der Waals surface area contributed by atoms with Gasteiger partial charge in [-0.1, -0.05) is 41.5 Å². The number of carbonyl (C=O) groups excluding carboxylic acids is 1. The quantitative estimate of drug-likeness (QED) is 0.844. The van der Waals surface area contributed by atoms with E-state index in [1.807, 2.05) is 41.5 Å². The summed E-state index contributed by atoms with van der Waals surface area (Å²) < 4.78 is 12.8. The Balaban J connectivity index is 2.52. The topological polar surface area (TPSA) is 55.8 Å². The van der Waals surface area contributed by atoms with E-state index in [2.05, 4.69) is 13.8 Å². The van der Waals surface area contributed by atoms with Crippen molar-refractivity contribution in [2.75, 3.05) is 0 Å². The lowest BCUT2D eigenvalue weighted by Gasteiger charge is -2.55. The molecule has 0 unspecified atom stereocenters. The predicted octanol–water partition coefficient (Wildman–Crippen LogP) is 3.54. The van der Waals surface area contributed by atoms with Crippen LogP contribution in [0.5, 0.6) is 0 Å². The van der Waals surface area contributed by atoms with Gasteiger partial charge in [-0.2, -0.15) is 0 Å². The van der Waals surface area contributed by atoms with E-state index in [1.165, 1.54) is 0 Å². The molecular weight excluding hydrogens is 292 g/mol. The van der Waals surface area contributed by atoms with Crippen LogP contribution < -0.4 is 0 Å². The lowest BCUT2D eigenvalue weighted by molar-refractivity contribution is -0.348. The average molecular weight is 324 g/mol. The van der Waals surface area contributed by atoms with Gasteiger partial charge >= 0.3 is 0 Å². The van der Waals surface area contributed by atoms with Crippen LogP contribution >= 0.6 is 0 Å². The molecule has 0 aliphatic carbocycles. The number of allylic oxidation sites excluding steroid dienone is 2. The number of ketones is 1. The third-order valence-electron chi connectivity index (χ3n) is 5.71. The predicted molar refractivity (Wildman–Crippen MR) is 89.6 cm³/mol. The molecule has 2 heterocycles. The van der Waals surface area contributed by atoms with Crippen LogP contribution in [0.15, 0.2) is 11.3 Å². The van der Waals surface area contributed by atoms with Gasteiger partial charge in [0.05, 0.1) is 18.1 Å². The molecule has 0 bridgehead atoms. The van der Waals surface area contributed by atoms with Crippen LogP contribution in [0.2, 0.25) is 0 Å². The van der Waals surface area contributed by atoms with Crippen molar-refractivity contribution in [3.8, 4) is 0 Å². The number of hydrogen-bond donors (Lipinski definition) is 1. The van der Waals surface area contributed by atoms with Gasteiger partial charge in [0, 0.05) is 23.3 Å². The maximum Gasteiger partial charge on any atom is 0.225 e. The van der Waals surface area contributed by atoms with E-state index in [-0.39, 0.29) is 35.6 Å². The van der Waals surface area contributed by atoms with Crippen LogP contribution in [0.25, 0.3) is 0 Å². The monoisotopic (exact) mass is 324 g/mol. The third kappa shape index (κ3) is 2.74. The van der Waals surface area contributed by atoms with E-state index in [1.54, 1.807) is 0 Å². The van der Waals surface area contributed by atoms with E-state index in [0.717, 1.165) is 0 Å². The van der Waals surface area contributed by atoms with E-state index in [9.17, 15) is 9.90 Å². The fourth-order valence-corrected chi connectivity index (χ4v) is 4.19. The number of aliphatic hydroxyl groups excluding tert-OH is 1. The second kappa shape index (κ2) is 6.21. The second-order valence-electron chi connectivity index (χ2n) is 8.02. The normalized spacial score (nSPS) is 41.9. The molecular formula is C19H32O4. The van der Waals surface area contributed by atoms with Gasteiger partial charge in [-0.3, -0.25) is 4.79 Å². The van der Waals surface area contributed by atoms with Crippen molar-refractivity contribution in [2.24, 2.45) is 29.6 Å². The standard InChI is InChI=1S/C19H32O4/c1-9(2)17-11(5)15(20)13(7)19(22-17)14(8)16(21)12(6)18(23-19)10(3)4/h9-11,13-15,17,20H,1-8H3/t11-,13+,14+,15+,17+,19-/m1/s1. The van der Waals surface area contributed by atoms with Crippen LogP contribution in [0.4, 0.5) is 0 Å². The summed E-state index contributed by atoms with van der Waals surface area (Å²) in [7, 11) is 0. The van der Waals surface area contributed by atoms with Crippen molar-refractivity contribution in [1.82, 2.24) is 0 Å². The lowest BCUT2D eigenvalue weighted by atomic mass is 9.71. The maximum atomic E-state index is 12.8. The largest absolute Gasteiger partial charge is 0.465 e.